The minimum atomic E-state index is -1.63. The molecule has 3 aromatic rings. The Morgan fingerprint density at radius 1 is 0.914 bits per heavy atom. The van der Waals surface area contributed by atoms with Gasteiger partial charge in [0.15, 0.2) is 17.5 Å². The fourth-order valence-electron chi connectivity index (χ4n) is 4.26. The number of carbonyl (C=O) groups excluding carboxylic acids is 1. The first-order valence-electron chi connectivity index (χ1n) is 11.2. The summed E-state index contributed by atoms with van der Waals surface area (Å²) in [5, 5.41) is -0.322. The first-order chi connectivity index (χ1) is 16.8. The summed E-state index contributed by atoms with van der Waals surface area (Å²) in [6.07, 6.45) is 8.06. The highest BCUT2D eigenvalue weighted by Crippen LogP contribution is 2.30. The van der Waals surface area contributed by atoms with Gasteiger partial charge in [-0.15, -0.1) is 0 Å². The maximum absolute atomic E-state index is 14.6. The van der Waals surface area contributed by atoms with Gasteiger partial charge >= 0.3 is 5.97 Å². The van der Waals surface area contributed by atoms with Crippen molar-refractivity contribution in [2.45, 2.75) is 32.6 Å². The average molecular weight is 484 g/mol. The number of allylic oxidation sites excluding steroid dienone is 2. The van der Waals surface area contributed by atoms with Crippen LogP contribution in [-0.2, 0) is 0 Å². The zero-order valence-corrected chi connectivity index (χ0v) is 18.8. The summed E-state index contributed by atoms with van der Waals surface area (Å²) in [6.45, 7) is 1.99. The van der Waals surface area contributed by atoms with Crippen LogP contribution in [0.1, 0.15) is 48.5 Å². The van der Waals surface area contributed by atoms with Gasteiger partial charge in [0, 0.05) is 16.9 Å². The van der Waals surface area contributed by atoms with Crippen molar-refractivity contribution in [1.82, 2.24) is 0 Å². The van der Waals surface area contributed by atoms with Crippen LogP contribution in [-0.4, -0.2) is 5.97 Å². The van der Waals surface area contributed by atoms with Crippen LogP contribution in [0.4, 0.5) is 22.0 Å². The Morgan fingerprint density at radius 2 is 1.60 bits per heavy atom. The van der Waals surface area contributed by atoms with Crippen molar-refractivity contribution in [2.75, 3.05) is 0 Å². The van der Waals surface area contributed by atoms with Crippen LogP contribution < -0.4 is 4.74 Å². The molecule has 180 valence electrons. The van der Waals surface area contributed by atoms with Crippen LogP contribution in [0.3, 0.4) is 0 Å². The highest BCUT2D eigenvalue weighted by molar-refractivity contribution is 5.93. The molecule has 1 fully saturated rings. The molecule has 0 bridgehead atoms. The van der Waals surface area contributed by atoms with Crippen molar-refractivity contribution < 1.29 is 31.5 Å². The van der Waals surface area contributed by atoms with Crippen molar-refractivity contribution in [2.24, 2.45) is 11.8 Å². The molecule has 0 amide bonds. The summed E-state index contributed by atoms with van der Waals surface area (Å²) >= 11 is 0. The van der Waals surface area contributed by atoms with Crippen LogP contribution in [0.25, 0.3) is 10.8 Å². The summed E-state index contributed by atoms with van der Waals surface area (Å²) in [4.78, 5) is 12.4. The summed E-state index contributed by atoms with van der Waals surface area (Å²) in [5.41, 5.74) is -0.815. The Balaban J connectivity index is 1.50. The Labute approximate surface area is 199 Å². The highest BCUT2D eigenvalue weighted by atomic mass is 19.2. The lowest BCUT2D eigenvalue weighted by Crippen LogP contribution is -2.14. The molecule has 2 nitrogen and oxygen atoms in total. The van der Waals surface area contributed by atoms with Gasteiger partial charge in [-0.1, -0.05) is 24.0 Å². The molecule has 35 heavy (non-hydrogen) atoms. The number of esters is 1. The van der Waals surface area contributed by atoms with Crippen molar-refractivity contribution in [3.63, 3.8) is 0 Å². The van der Waals surface area contributed by atoms with Crippen LogP contribution in [0.5, 0.6) is 5.75 Å². The molecule has 4 rings (SSSR count). The van der Waals surface area contributed by atoms with E-state index in [0.29, 0.717) is 5.92 Å². The lowest BCUT2D eigenvalue weighted by molar-refractivity contribution is 0.0725. The summed E-state index contributed by atoms with van der Waals surface area (Å²) in [6, 6.07) is 5.92. The molecule has 1 saturated carbocycles. The van der Waals surface area contributed by atoms with Crippen molar-refractivity contribution >= 4 is 16.7 Å². The fraction of sp³-hybridized carbons (Fsp3) is 0.250. The molecule has 0 atom stereocenters. The van der Waals surface area contributed by atoms with Gasteiger partial charge in [-0.2, -0.15) is 0 Å². The molecule has 1 aliphatic carbocycles. The van der Waals surface area contributed by atoms with E-state index in [9.17, 15) is 26.7 Å². The Bertz CT molecular complexity index is 1350. The van der Waals surface area contributed by atoms with Gasteiger partial charge in [0.2, 0.25) is 0 Å². The quantitative estimate of drug-likeness (QED) is 0.0962. The van der Waals surface area contributed by atoms with Crippen molar-refractivity contribution in [3.8, 4) is 17.6 Å². The highest BCUT2D eigenvalue weighted by Gasteiger charge is 2.22. The first kappa shape index (κ1) is 24.5. The number of carbonyl (C=O) groups is 1. The van der Waals surface area contributed by atoms with Crippen LogP contribution in [0, 0.1) is 52.8 Å². The molecule has 0 spiro atoms. The minimum absolute atomic E-state index is 0.0852. The van der Waals surface area contributed by atoms with Gasteiger partial charge in [0.1, 0.15) is 22.9 Å². The van der Waals surface area contributed by atoms with E-state index in [-0.39, 0.29) is 28.0 Å². The van der Waals surface area contributed by atoms with Crippen molar-refractivity contribution in [1.29, 1.82) is 0 Å². The monoisotopic (exact) mass is 484 g/mol. The number of fused-ring (bicyclic) bond motifs is 1. The second-order valence-electron chi connectivity index (χ2n) is 8.48. The van der Waals surface area contributed by atoms with E-state index < -0.39 is 40.6 Å². The number of ether oxygens (including phenoxy) is 1. The molecule has 0 unspecified atom stereocenters. The largest absolute Gasteiger partial charge is 0.423 e. The lowest BCUT2D eigenvalue weighted by Gasteiger charge is -2.22. The summed E-state index contributed by atoms with van der Waals surface area (Å²) < 4.78 is 75.0. The Kier molecular flexibility index (Phi) is 7.20. The van der Waals surface area contributed by atoms with E-state index in [1.807, 2.05) is 13.0 Å². The van der Waals surface area contributed by atoms with E-state index in [1.54, 1.807) is 0 Å². The van der Waals surface area contributed by atoms with Crippen LogP contribution in [0.2, 0.25) is 0 Å². The van der Waals surface area contributed by atoms with E-state index in [0.717, 1.165) is 62.1 Å². The Morgan fingerprint density at radius 3 is 2.26 bits per heavy atom. The van der Waals surface area contributed by atoms with Gasteiger partial charge in [-0.25, -0.2) is 26.7 Å². The number of rotatable bonds is 3. The molecule has 0 radical (unpaired) electrons. The van der Waals surface area contributed by atoms with Gasteiger partial charge in [0.05, 0.1) is 0 Å². The molecular formula is C28H21F5O2. The van der Waals surface area contributed by atoms with Crippen LogP contribution in [0.15, 0.2) is 48.6 Å². The molecule has 0 aliphatic heterocycles. The third-order valence-corrected chi connectivity index (χ3v) is 6.06. The first-order valence-corrected chi connectivity index (χ1v) is 11.2. The molecule has 1 aliphatic rings. The van der Waals surface area contributed by atoms with E-state index in [4.69, 9.17) is 4.74 Å². The summed E-state index contributed by atoms with van der Waals surface area (Å²) in [5.74, 6) is -1.73. The smallest absolute Gasteiger partial charge is 0.349 e. The molecule has 7 heteroatoms. The van der Waals surface area contributed by atoms with Gasteiger partial charge < -0.3 is 4.74 Å². The number of benzene rings is 3. The van der Waals surface area contributed by atoms with Gasteiger partial charge in [-0.3, -0.25) is 0 Å². The normalized spacial score (nSPS) is 17.9. The SMILES string of the molecule is C/C=C/C1CCC(C#Cc2cc(F)c(C(=O)Oc3ccc4c(F)c(F)c(F)cc4c3)c(F)c2)CC1. The fourth-order valence-corrected chi connectivity index (χ4v) is 4.26. The zero-order valence-electron chi connectivity index (χ0n) is 18.8. The zero-order chi connectivity index (χ0) is 25.1. The number of hydrogen-bond acceptors (Lipinski definition) is 2. The predicted octanol–water partition coefficient (Wildman–Crippen LogP) is 7.49. The maximum atomic E-state index is 14.6. The van der Waals surface area contributed by atoms with Gasteiger partial charge in [0.25, 0.3) is 0 Å². The van der Waals surface area contributed by atoms with Crippen molar-refractivity contribution in [3.05, 3.63) is 88.8 Å². The maximum Gasteiger partial charge on any atom is 0.349 e. The third-order valence-electron chi connectivity index (χ3n) is 6.06. The lowest BCUT2D eigenvalue weighted by atomic mass is 9.82. The number of hydrogen-bond donors (Lipinski definition) is 0. The van der Waals surface area contributed by atoms with E-state index in [2.05, 4.69) is 17.9 Å². The minimum Gasteiger partial charge on any atom is -0.423 e. The van der Waals surface area contributed by atoms with Crippen LogP contribution >= 0.6 is 0 Å². The second-order valence-corrected chi connectivity index (χ2v) is 8.48. The average Bonchev–Trinajstić information content (AvgIpc) is 2.82. The molecular weight excluding hydrogens is 463 g/mol. The molecule has 0 N–H and O–H groups in total. The standard InChI is InChI=1S/C28H21F5O2/c1-2-3-16-4-6-17(7-5-16)8-9-18-12-22(29)25(23(30)13-18)28(34)35-20-10-11-21-19(14-20)15-24(31)27(33)26(21)32/h2-3,10-17H,4-7H2,1H3/b3-2+. The molecule has 0 aromatic heterocycles. The summed E-state index contributed by atoms with van der Waals surface area (Å²) in [7, 11) is 0. The van der Waals surface area contributed by atoms with E-state index in [1.165, 1.54) is 0 Å². The topological polar surface area (TPSA) is 26.3 Å². The van der Waals surface area contributed by atoms with Gasteiger partial charge in [-0.05, 0) is 80.3 Å². The predicted molar refractivity (Wildman–Crippen MR) is 122 cm³/mol. The third kappa shape index (κ3) is 5.37. The number of halogens is 5. The Hall–Kier alpha value is -3.66. The molecule has 0 heterocycles. The van der Waals surface area contributed by atoms with E-state index >= 15 is 0 Å². The molecule has 3 aromatic carbocycles. The second kappa shape index (κ2) is 10.3. The molecule has 0 saturated heterocycles.